The van der Waals surface area contributed by atoms with Crippen molar-refractivity contribution < 1.29 is 9.72 Å². The van der Waals surface area contributed by atoms with E-state index in [9.17, 15) is 14.9 Å². The number of non-ortho nitro benzene ring substituents is 1. The van der Waals surface area contributed by atoms with E-state index in [0.717, 1.165) is 0 Å². The number of benzene rings is 1. The lowest BCUT2D eigenvalue weighted by Crippen LogP contribution is -2.31. The van der Waals surface area contributed by atoms with Gasteiger partial charge in [0.25, 0.3) is 11.6 Å². The lowest BCUT2D eigenvalue weighted by atomic mass is 10.1. The average molecular weight is 233 g/mol. The molecule has 0 spiro atoms. The molecule has 0 bridgehead atoms. The summed E-state index contributed by atoms with van der Waals surface area (Å²) in [5.41, 5.74) is 1.78. The van der Waals surface area contributed by atoms with Crippen molar-refractivity contribution in [2.75, 3.05) is 11.9 Å². The van der Waals surface area contributed by atoms with Gasteiger partial charge in [0.2, 0.25) is 0 Å². The first kappa shape index (κ1) is 11.3. The van der Waals surface area contributed by atoms with E-state index in [1.165, 1.54) is 17.0 Å². The number of aliphatic imine (C=N–C) groups is 1. The first-order valence-corrected chi connectivity index (χ1v) is 5.07. The lowest BCUT2D eigenvalue weighted by molar-refractivity contribution is -0.384. The number of nitro groups is 1. The fourth-order valence-electron chi connectivity index (χ4n) is 1.76. The summed E-state index contributed by atoms with van der Waals surface area (Å²) < 4.78 is 0. The summed E-state index contributed by atoms with van der Waals surface area (Å²) in [6.07, 6.45) is 0. The van der Waals surface area contributed by atoms with Gasteiger partial charge in [0, 0.05) is 30.4 Å². The molecule has 1 amide bonds. The van der Waals surface area contributed by atoms with Gasteiger partial charge >= 0.3 is 0 Å². The van der Waals surface area contributed by atoms with Crippen molar-refractivity contribution in [2.24, 2.45) is 4.99 Å². The third-order valence-electron chi connectivity index (χ3n) is 2.74. The van der Waals surface area contributed by atoms with Gasteiger partial charge in [-0.15, -0.1) is 0 Å². The fraction of sp³-hybridized carbons (Fsp3) is 0.273. The quantitative estimate of drug-likeness (QED) is 0.545. The maximum absolute atomic E-state index is 11.8. The van der Waals surface area contributed by atoms with Crippen LogP contribution in [0.3, 0.4) is 0 Å². The van der Waals surface area contributed by atoms with E-state index in [1.54, 1.807) is 20.0 Å². The summed E-state index contributed by atoms with van der Waals surface area (Å²) in [5.74, 6) is -0.183. The van der Waals surface area contributed by atoms with Crippen LogP contribution in [0.1, 0.15) is 12.5 Å². The highest BCUT2D eigenvalue weighted by Crippen LogP contribution is 2.27. The normalized spacial score (nSPS) is 15.1. The van der Waals surface area contributed by atoms with Crippen molar-refractivity contribution in [2.45, 2.75) is 13.5 Å². The second kappa shape index (κ2) is 3.97. The number of carbonyl (C=O) groups excluding carboxylic acids is 1. The Morgan fingerprint density at radius 1 is 1.47 bits per heavy atom. The summed E-state index contributed by atoms with van der Waals surface area (Å²) in [6, 6.07) is 4.43. The van der Waals surface area contributed by atoms with E-state index in [0.29, 0.717) is 23.5 Å². The minimum absolute atomic E-state index is 0.0133. The first-order valence-electron chi connectivity index (χ1n) is 5.07. The maximum atomic E-state index is 11.8. The van der Waals surface area contributed by atoms with Crippen LogP contribution < -0.4 is 4.90 Å². The van der Waals surface area contributed by atoms with E-state index in [-0.39, 0.29) is 11.6 Å². The number of carbonyl (C=O) groups is 1. The largest absolute Gasteiger partial charge is 0.310 e. The smallest absolute Gasteiger partial charge is 0.271 e. The third kappa shape index (κ3) is 1.89. The maximum Gasteiger partial charge on any atom is 0.271 e. The zero-order valence-corrected chi connectivity index (χ0v) is 9.51. The van der Waals surface area contributed by atoms with Crippen LogP contribution in [0.4, 0.5) is 11.4 Å². The van der Waals surface area contributed by atoms with Gasteiger partial charge < -0.3 is 4.90 Å². The molecule has 1 aliphatic rings. The molecule has 17 heavy (non-hydrogen) atoms. The van der Waals surface area contributed by atoms with E-state index < -0.39 is 4.92 Å². The Labute approximate surface area is 97.7 Å². The molecule has 88 valence electrons. The number of anilines is 1. The molecule has 0 fully saturated rings. The highest BCUT2D eigenvalue weighted by molar-refractivity contribution is 6.43. The lowest BCUT2D eigenvalue weighted by Gasteiger charge is -2.16. The molecular weight excluding hydrogens is 222 g/mol. The zero-order chi connectivity index (χ0) is 12.6. The zero-order valence-electron chi connectivity index (χ0n) is 9.51. The molecule has 2 rings (SSSR count). The molecule has 1 aliphatic heterocycles. The van der Waals surface area contributed by atoms with E-state index in [4.69, 9.17) is 0 Å². The minimum atomic E-state index is -0.455. The SMILES string of the molecule is CC1=NCc2cc([N+](=O)[O-])ccc2N(C)C1=O. The Morgan fingerprint density at radius 2 is 2.18 bits per heavy atom. The number of nitro benzene ring substituents is 1. The summed E-state index contributed by atoms with van der Waals surface area (Å²) >= 11 is 0. The van der Waals surface area contributed by atoms with Crippen molar-refractivity contribution in [3.05, 3.63) is 33.9 Å². The molecule has 0 unspecified atom stereocenters. The van der Waals surface area contributed by atoms with Gasteiger partial charge in [0.15, 0.2) is 0 Å². The molecule has 0 aromatic heterocycles. The van der Waals surface area contributed by atoms with Gasteiger partial charge in [-0.05, 0) is 13.0 Å². The Kier molecular flexibility index (Phi) is 2.63. The van der Waals surface area contributed by atoms with Gasteiger partial charge in [-0.2, -0.15) is 0 Å². The molecular formula is C11H11N3O3. The van der Waals surface area contributed by atoms with Crippen LogP contribution in [0.25, 0.3) is 0 Å². The van der Waals surface area contributed by atoms with Crippen molar-refractivity contribution >= 4 is 23.0 Å². The second-order valence-electron chi connectivity index (χ2n) is 3.84. The number of fused-ring (bicyclic) bond motifs is 1. The number of rotatable bonds is 1. The van der Waals surface area contributed by atoms with E-state index in [1.807, 2.05) is 0 Å². The van der Waals surface area contributed by atoms with Crippen molar-refractivity contribution in [1.82, 2.24) is 0 Å². The number of hydrogen-bond donors (Lipinski definition) is 0. The molecule has 0 atom stereocenters. The second-order valence-corrected chi connectivity index (χ2v) is 3.84. The van der Waals surface area contributed by atoms with Crippen molar-refractivity contribution in [3.63, 3.8) is 0 Å². The van der Waals surface area contributed by atoms with Crippen LogP contribution in [0, 0.1) is 10.1 Å². The average Bonchev–Trinajstić information content (AvgIpc) is 2.42. The van der Waals surface area contributed by atoms with Crippen LogP contribution in [-0.4, -0.2) is 23.6 Å². The Hall–Kier alpha value is -2.24. The first-order chi connectivity index (χ1) is 8.00. The van der Waals surface area contributed by atoms with Crippen LogP contribution >= 0.6 is 0 Å². The molecule has 0 N–H and O–H groups in total. The molecule has 1 aromatic carbocycles. The molecule has 0 saturated carbocycles. The molecule has 1 heterocycles. The number of amides is 1. The number of hydrogen-bond acceptors (Lipinski definition) is 4. The minimum Gasteiger partial charge on any atom is -0.310 e. The van der Waals surface area contributed by atoms with Gasteiger partial charge in [0.05, 0.1) is 17.2 Å². The van der Waals surface area contributed by atoms with Crippen LogP contribution in [-0.2, 0) is 11.3 Å². The summed E-state index contributed by atoms with van der Waals surface area (Å²) in [7, 11) is 1.64. The highest BCUT2D eigenvalue weighted by Gasteiger charge is 2.22. The number of nitrogens with zero attached hydrogens (tertiary/aromatic N) is 3. The summed E-state index contributed by atoms with van der Waals surface area (Å²) in [6.45, 7) is 1.93. The molecule has 6 nitrogen and oxygen atoms in total. The van der Waals surface area contributed by atoms with Crippen molar-refractivity contribution in [1.29, 1.82) is 0 Å². The predicted octanol–water partition coefficient (Wildman–Crippen LogP) is 1.53. The molecule has 6 heteroatoms. The topological polar surface area (TPSA) is 75.8 Å². The molecule has 0 aliphatic carbocycles. The van der Waals surface area contributed by atoms with E-state index >= 15 is 0 Å². The predicted molar refractivity (Wildman–Crippen MR) is 63.3 cm³/mol. The van der Waals surface area contributed by atoms with Crippen LogP contribution in [0.5, 0.6) is 0 Å². The van der Waals surface area contributed by atoms with Gasteiger partial charge in [-0.25, -0.2) is 0 Å². The van der Waals surface area contributed by atoms with Gasteiger partial charge in [-0.3, -0.25) is 19.9 Å². The fourth-order valence-corrected chi connectivity index (χ4v) is 1.76. The molecule has 1 aromatic rings. The Morgan fingerprint density at radius 3 is 2.82 bits per heavy atom. The van der Waals surface area contributed by atoms with Crippen LogP contribution in [0.2, 0.25) is 0 Å². The molecule has 0 saturated heterocycles. The summed E-state index contributed by atoms with van der Waals surface area (Å²) in [4.78, 5) is 27.6. The summed E-state index contributed by atoms with van der Waals surface area (Å²) in [5, 5.41) is 10.7. The van der Waals surface area contributed by atoms with E-state index in [2.05, 4.69) is 4.99 Å². The monoisotopic (exact) mass is 233 g/mol. The highest BCUT2D eigenvalue weighted by atomic mass is 16.6. The van der Waals surface area contributed by atoms with Crippen LogP contribution in [0.15, 0.2) is 23.2 Å². The van der Waals surface area contributed by atoms with Crippen molar-refractivity contribution in [3.8, 4) is 0 Å². The molecule has 0 radical (unpaired) electrons. The standard InChI is InChI=1S/C11H11N3O3/c1-7-11(15)13(2)10-4-3-9(14(16)17)5-8(10)6-12-7/h3-5H,6H2,1-2H3. The van der Waals surface area contributed by atoms with Gasteiger partial charge in [0.1, 0.15) is 0 Å². The van der Waals surface area contributed by atoms with Gasteiger partial charge in [-0.1, -0.05) is 0 Å². The Balaban J connectivity index is 2.53. The third-order valence-corrected chi connectivity index (χ3v) is 2.74. The Bertz CT molecular complexity index is 537.